The third-order valence-corrected chi connectivity index (χ3v) is 6.78. The molecule has 0 bridgehead atoms. The molecule has 0 N–H and O–H groups in total. The predicted octanol–water partition coefficient (Wildman–Crippen LogP) is 3.42. The Kier molecular flexibility index (Phi) is 5.79. The Morgan fingerprint density at radius 1 is 1.04 bits per heavy atom. The maximum atomic E-state index is 13.3. The van der Waals surface area contributed by atoms with E-state index in [4.69, 9.17) is 0 Å². The van der Waals surface area contributed by atoms with Crippen molar-refractivity contribution in [3.63, 3.8) is 0 Å². The van der Waals surface area contributed by atoms with Crippen molar-refractivity contribution in [2.75, 3.05) is 17.9 Å². The lowest BCUT2D eigenvalue weighted by Crippen LogP contribution is -2.44. The van der Waals surface area contributed by atoms with Crippen LogP contribution in [0.2, 0.25) is 0 Å². The molecule has 0 saturated heterocycles. The molecule has 27 heavy (non-hydrogen) atoms. The van der Waals surface area contributed by atoms with Crippen molar-refractivity contribution < 1.29 is 17.6 Å². The molecular formula is C20H23FN2O3S. The normalized spacial score (nSPS) is 14.9. The van der Waals surface area contributed by atoms with E-state index >= 15 is 0 Å². The maximum Gasteiger partial charge on any atom is 0.264 e. The molecule has 0 aliphatic heterocycles. The Labute approximate surface area is 159 Å². The molecule has 7 heteroatoms. The predicted molar refractivity (Wildman–Crippen MR) is 102 cm³/mol. The van der Waals surface area contributed by atoms with Crippen LogP contribution in [0.3, 0.4) is 0 Å². The van der Waals surface area contributed by atoms with E-state index in [0.717, 1.165) is 30.0 Å². The van der Waals surface area contributed by atoms with Crippen LogP contribution in [0.15, 0.2) is 59.5 Å². The molecule has 5 nitrogen and oxygen atoms in total. The van der Waals surface area contributed by atoms with Crippen molar-refractivity contribution in [2.24, 2.45) is 0 Å². The number of hydrogen-bond donors (Lipinski definition) is 0. The summed E-state index contributed by atoms with van der Waals surface area (Å²) in [6.07, 6.45) is 4.02. The van der Waals surface area contributed by atoms with Crippen molar-refractivity contribution in [1.29, 1.82) is 0 Å². The van der Waals surface area contributed by atoms with Gasteiger partial charge in [0.1, 0.15) is 12.4 Å². The van der Waals surface area contributed by atoms with Gasteiger partial charge in [0.05, 0.1) is 10.6 Å². The highest BCUT2D eigenvalue weighted by molar-refractivity contribution is 7.92. The number of carbonyl (C=O) groups is 1. The smallest absolute Gasteiger partial charge is 0.264 e. The Balaban J connectivity index is 1.92. The van der Waals surface area contributed by atoms with Gasteiger partial charge in [-0.1, -0.05) is 31.0 Å². The zero-order valence-electron chi connectivity index (χ0n) is 15.2. The summed E-state index contributed by atoms with van der Waals surface area (Å²) in [6.45, 7) is -0.324. The summed E-state index contributed by atoms with van der Waals surface area (Å²) in [5.41, 5.74) is 0.258. The molecule has 0 heterocycles. The minimum absolute atomic E-state index is 0.0886. The van der Waals surface area contributed by atoms with Crippen LogP contribution < -0.4 is 4.31 Å². The largest absolute Gasteiger partial charge is 0.341 e. The van der Waals surface area contributed by atoms with E-state index in [1.54, 1.807) is 30.1 Å². The van der Waals surface area contributed by atoms with Crippen LogP contribution in [-0.2, 0) is 14.8 Å². The summed E-state index contributed by atoms with van der Waals surface area (Å²) in [6, 6.07) is 13.2. The highest BCUT2D eigenvalue weighted by Gasteiger charge is 2.30. The van der Waals surface area contributed by atoms with E-state index in [1.807, 2.05) is 0 Å². The van der Waals surface area contributed by atoms with E-state index in [9.17, 15) is 17.6 Å². The van der Waals surface area contributed by atoms with Crippen LogP contribution in [0.5, 0.6) is 0 Å². The SMILES string of the molecule is CN(C(=O)CN(c1ccc(F)cc1)S(=O)(=O)c1ccccc1)C1CCCC1. The molecule has 0 aromatic heterocycles. The minimum atomic E-state index is -3.96. The number of nitrogens with zero attached hydrogens (tertiary/aromatic N) is 2. The third-order valence-electron chi connectivity index (χ3n) is 4.99. The highest BCUT2D eigenvalue weighted by atomic mass is 32.2. The Bertz CT molecular complexity index is 879. The zero-order chi connectivity index (χ0) is 19.4. The van der Waals surface area contributed by atoms with Gasteiger partial charge in [-0.15, -0.1) is 0 Å². The lowest BCUT2D eigenvalue weighted by atomic mass is 10.2. The molecule has 1 saturated carbocycles. The van der Waals surface area contributed by atoms with E-state index in [-0.39, 0.29) is 29.1 Å². The third kappa shape index (κ3) is 4.30. The lowest BCUT2D eigenvalue weighted by molar-refractivity contribution is -0.130. The van der Waals surface area contributed by atoms with Gasteiger partial charge in [-0.25, -0.2) is 12.8 Å². The first-order valence-electron chi connectivity index (χ1n) is 8.98. The molecule has 2 aromatic carbocycles. The maximum absolute atomic E-state index is 13.3. The van der Waals surface area contributed by atoms with Gasteiger partial charge in [0.15, 0.2) is 0 Å². The Morgan fingerprint density at radius 3 is 2.22 bits per heavy atom. The molecule has 0 radical (unpaired) electrons. The molecule has 144 valence electrons. The second kappa shape index (κ2) is 8.08. The van der Waals surface area contributed by atoms with Gasteiger partial charge >= 0.3 is 0 Å². The molecule has 1 fully saturated rings. The van der Waals surface area contributed by atoms with E-state index in [1.165, 1.54) is 36.4 Å². The van der Waals surface area contributed by atoms with Crippen LogP contribution in [0, 0.1) is 5.82 Å². The number of hydrogen-bond acceptors (Lipinski definition) is 3. The van der Waals surface area contributed by atoms with Crippen molar-refractivity contribution in [2.45, 2.75) is 36.6 Å². The Morgan fingerprint density at radius 2 is 1.63 bits per heavy atom. The first-order valence-corrected chi connectivity index (χ1v) is 10.4. The lowest BCUT2D eigenvalue weighted by Gasteiger charge is -2.29. The molecular weight excluding hydrogens is 367 g/mol. The monoisotopic (exact) mass is 390 g/mol. The first-order chi connectivity index (χ1) is 12.9. The van der Waals surface area contributed by atoms with Crippen LogP contribution in [-0.4, -0.2) is 38.9 Å². The number of halogens is 1. The molecule has 1 amide bonds. The zero-order valence-corrected chi connectivity index (χ0v) is 16.0. The van der Waals surface area contributed by atoms with Gasteiger partial charge in [0.25, 0.3) is 10.0 Å². The van der Waals surface area contributed by atoms with Crippen LogP contribution in [0.4, 0.5) is 10.1 Å². The van der Waals surface area contributed by atoms with Gasteiger partial charge in [-0.2, -0.15) is 0 Å². The van der Waals surface area contributed by atoms with Crippen LogP contribution >= 0.6 is 0 Å². The standard InChI is InChI=1S/C20H23FN2O3S/c1-22(17-7-5-6-8-17)20(24)15-23(18-13-11-16(21)12-14-18)27(25,26)19-9-3-2-4-10-19/h2-4,9-14,17H,5-8,15H2,1H3. The number of carbonyl (C=O) groups excluding carboxylic acids is 1. The highest BCUT2D eigenvalue weighted by Crippen LogP contribution is 2.26. The van der Waals surface area contributed by atoms with Gasteiger partial charge in [0.2, 0.25) is 5.91 Å². The average Bonchev–Trinajstić information content (AvgIpc) is 3.21. The summed E-state index contributed by atoms with van der Waals surface area (Å²) >= 11 is 0. The molecule has 3 rings (SSSR count). The topological polar surface area (TPSA) is 57.7 Å². The van der Waals surface area contributed by atoms with Crippen molar-refractivity contribution in [1.82, 2.24) is 4.90 Å². The number of sulfonamides is 1. The second-order valence-corrected chi connectivity index (χ2v) is 8.61. The Hall–Kier alpha value is -2.41. The van der Waals surface area contributed by atoms with Gasteiger partial charge < -0.3 is 4.90 Å². The molecule has 2 aromatic rings. The molecule has 0 atom stereocenters. The molecule has 0 spiro atoms. The molecule has 1 aliphatic carbocycles. The van der Waals surface area contributed by atoms with E-state index in [2.05, 4.69) is 0 Å². The summed E-state index contributed by atoms with van der Waals surface area (Å²) in [5.74, 6) is -0.740. The number of amides is 1. The summed E-state index contributed by atoms with van der Waals surface area (Å²) < 4.78 is 40.7. The average molecular weight is 390 g/mol. The van der Waals surface area contributed by atoms with E-state index < -0.39 is 15.8 Å². The number of benzene rings is 2. The fourth-order valence-electron chi connectivity index (χ4n) is 3.37. The van der Waals surface area contributed by atoms with Crippen molar-refractivity contribution in [3.8, 4) is 0 Å². The van der Waals surface area contributed by atoms with Gasteiger partial charge in [-0.05, 0) is 49.2 Å². The van der Waals surface area contributed by atoms with E-state index in [0.29, 0.717) is 0 Å². The number of likely N-dealkylation sites (N-methyl/N-ethyl adjacent to an activating group) is 1. The quantitative estimate of drug-likeness (QED) is 0.759. The first kappa shape index (κ1) is 19.4. The van der Waals surface area contributed by atoms with Gasteiger partial charge in [-0.3, -0.25) is 9.10 Å². The number of anilines is 1. The summed E-state index contributed by atoms with van der Waals surface area (Å²) in [4.78, 5) is 14.5. The minimum Gasteiger partial charge on any atom is -0.341 e. The van der Waals surface area contributed by atoms with Crippen LogP contribution in [0.25, 0.3) is 0 Å². The van der Waals surface area contributed by atoms with Crippen molar-refractivity contribution in [3.05, 3.63) is 60.4 Å². The fraction of sp³-hybridized carbons (Fsp3) is 0.350. The van der Waals surface area contributed by atoms with Crippen LogP contribution in [0.1, 0.15) is 25.7 Å². The fourth-order valence-corrected chi connectivity index (χ4v) is 4.81. The summed E-state index contributed by atoms with van der Waals surface area (Å²) in [7, 11) is -2.24. The number of rotatable bonds is 6. The van der Waals surface area contributed by atoms with Gasteiger partial charge in [0, 0.05) is 13.1 Å². The molecule has 0 unspecified atom stereocenters. The molecule has 1 aliphatic rings. The summed E-state index contributed by atoms with van der Waals surface area (Å²) in [5, 5.41) is 0. The second-order valence-electron chi connectivity index (χ2n) is 6.74. The van der Waals surface area contributed by atoms with Crippen molar-refractivity contribution >= 4 is 21.6 Å².